The van der Waals surface area contributed by atoms with E-state index in [2.05, 4.69) is 122 Å². The third-order valence-corrected chi connectivity index (χ3v) is 11.8. The largest absolute Gasteiger partial charge is 0.456 e. The van der Waals surface area contributed by atoms with Gasteiger partial charge in [0.2, 0.25) is 0 Å². The van der Waals surface area contributed by atoms with Crippen LogP contribution in [0, 0.1) is 0 Å². The SMILES string of the molecule is CC1(C)c2cc(N(c3ccc(C4CCCCC4)cc3)c3ccc(C4CCCCC4)cc3)ccc2-c2ccc3oc4ccccc4c3c21. The Labute approximate surface area is 279 Å². The van der Waals surface area contributed by atoms with Gasteiger partial charge < -0.3 is 9.32 Å². The van der Waals surface area contributed by atoms with Crippen LogP contribution < -0.4 is 4.90 Å². The summed E-state index contributed by atoms with van der Waals surface area (Å²) in [6.07, 6.45) is 13.5. The molecule has 0 saturated heterocycles. The minimum absolute atomic E-state index is 0.172. The lowest BCUT2D eigenvalue weighted by molar-refractivity contribution is 0.443. The number of para-hydroxylation sites is 1. The van der Waals surface area contributed by atoms with Crippen molar-refractivity contribution in [3.63, 3.8) is 0 Å². The summed E-state index contributed by atoms with van der Waals surface area (Å²) in [6.45, 7) is 4.79. The van der Waals surface area contributed by atoms with Crippen LogP contribution in [-0.4, -0.2) is 0 Å². The highest BCUT2D eigenvalue weighted by molar-refractivity contribution is 6.11. The third kappa shape index (κ3) is 4.83. The maximum atomic E-state index is 6.35. The van der Waals surface area contributed by atoms with Gasteiger partial charge in [0, 0.05) is 33.2 Å². The summed E-state index contributed by atoms with van der Waals surface area (Å²) in [7, 11) is 0. The van der Waals surface area contributed by atoms with Crippen molar-refractivity contribution in [3.05, 3.63) is 125 Å². The summed E-state index contributed by atoms with van der Waals surface area (Å²) in [5.74, 6) is 1.41. The van der Waals surface area contributed by atoms with Gasteiger partial charge in [-0.25, -0.2) is 0 Å². The van der Waals surface area contributed by atoms with E-state index in [1.165, 1.54) is 125 Å². The molecule has 0 amide bonds. The summed E-state index contributed by atoms with van der Waals surface area (Å²) in [6, 6.07) is 39.2. The molecule has 0 atom stereocenters. The highest BCUT2D eigenvalue weighted by atomic mass is 16.3. The lowest BCUT2D eigenvalue weighted by Crippen LogP contribution is -2.17. The van der Waals surface area contributed by atoms with E-state index in [0.717, 1.165) is 11.2 Å². The topological polar surface area (TPSA) is 16.4 Å². The molecule has 5 aromatic carbocycles. The molecule has 9 rings (SSSR count). The molecule has 1 heterocycles. The maximum absolute atomic E-state index is 6.35. The first-order chi connectivity index (χ1) is 23.1. The Bertz CT molecular complexity index is 2010. The van der Waals surface area contributed by atoms with Gasteiger partial charge in [-0.3, -0.25) is 0 Å². The number of anilines is 3. The van der Waals surface area contributed by atoms with Gasteiger partial charge in [0.15, 0.2) is 0 Å². The first kappa shape index (κ1) is 28.9. The van der Waals surface area contributed by atoms with Crippen LogP contribution in [0.15, 0.2) is 108 Å². The summed E-state index contributed by atoms with van der Waals surface area (Å²) >= 11 is 0. The molecule has 3 aliphatic carbocycles. The van der Waals surface area contributed by atoms with Gasteiger partial charge >= 0.3 is 0 Å². The second-order valence-electron chi connectivity index (χ2n) is 15.0. The lowest BCUT2D eigenvalue weighted by Gasteiger charge is -2.29. The smallest absolute Gasteiger partial charge is 0.135 e. The number of hydrogen-bond acceptors (Lipinski definition) is 2. The van der Waals surface area contributed by atoms with Crippen molar-refractivity contribution in [2.45, 2.75) is 95.3 Å². The summed E-state index contributed by atoms with van der Waals surface area (Å²) in [5.41, 5.74) is 13.9. The quantitative estimate of drug-likeness (QED) is 0.192. The van der Waals surface area contributed by atoms with Crippen LogP contribution in [0.2, 0.25) is 0 Å². The molecular weight excluding hydrogens is 571 g/mol. The Hall–Kier alpha value is -4.30. The zero-order chi connectivity index (χ0) is 31.5. The van der Waals surface area contributed by atoms with Crippen LogP contribution in [0.25, 0.3) is 33.1 Å². The van der Waals surface area contributed by atoms with E-state index in [9.17, 15) is 0 Å². The van der Waals surface area contributed by atoms with Crippen molar-refractivity contribution in [1.29, 1.82) is 0 Å². The third-order valence-electron chi connectivity index (χ3n) is 11.8. The molecule has 2 nitrogen and oxygen atoms in total. The Morgan fingerprint density at radius 1 is 0.553 bits per heavy atom. The van der Waals surface area contributed by atoms with Gasteiger partial charge in [-0.2, -0.15) is 0 Å². The van der Waals surface area contributed by atoms with E-state index in [1.807, 2.05) is 0 Å². The standard InChI is InChI=1S/C45H45NO/c1-45(2)40-29-36(25-26-37(40)38-27-28-42-43(44(38)45)39-15-9-10-16-41(39)47-42)46(34-21-17-32(18-22-34)30-11-5-3-6-12-30)35-23-19-33(20-24-35)31-13-7-4-8-14-31/h9-10,15-31H,3-8,11-14H2,1-2H3. The number of furan rings is 1. The molecule has 0 unspecified atom stereocenters. The van der Waals surface area contributed by atoms with Gasteiger partial charge in [0.25, 0.3) is 0 Å². The first-order valence-electron chi connectivity index (χ1n) is 18.2. The fraction of sp³-hybridized carbons (Fsp3) is 0.333. The second kappa shape index (κ2) is 11.4. The molecule has 3 aliphatic rings. The van der Waals surface area contributed by atoms with Crippen LogP contribution in [-0.2, 0) is 5.41 Å². The summed E-state index contributed by atoms with van der Waals surface area (Å²) in [5, 5.41) is 2.47. The fourth-order valence-corrected chi connectivity index (χ4v) is 9.36. The monoisotopic (exact) mass is 615 g/mol. The molecule has 47 heavy (non-hydrogen) atoms. The Morgan fingerprint density at radius 3 is 1.72 bits per heavy atom. The van der Waals surface area contributed by atoms with E-state index >= 15 is 0 Å². The minimum atomic E-state index is -0.172. The normalized spacial score (nSPS) is 18.0. The lowest BCUT2D eigenvalue weighted by atomic mass is 9.80. The summed E-state index contributed by atoms with van der Waals surface area (Å²) < 4.78 is 6.35. The Balaban J connectivity index is 1.15. The Morgan fingerprint density at radius 2 is 1.11 bits per heavy atom. The van der Waals surface area contributed by atoms with Crippen LogP contribution in [0.4, 0.5) is 17.1 Å². The number of benzene rings is 5. The van der Waals surface area contributed by atoms with Crippen molar-refractivity contribution < 1.29 is 4.42 Å². The molecule has 2 saturated carbocycles. The van der Waals surface area contributed by atoms with Crippen molar-refractivity contribution in [2.75, 3.05) is 4.90 Å². The van der Waals surface area contributed by atoms with Gasteiger partial charge in [0.1, 0.15) is 11.2 Å². The van der Waals surface area contributed by atoms with E-state index in [1.54, 1.807) is 0 Å². The average Bonchev–Trinajstić information content (AvgIpc) is 3.61. The molecule has 0 bridgehead atoms. The van der Waals surface area contributed by atoms with Crippen molar-refractivity contribution >= 4 is 39.0 Å². The zero-order valence-electron chi connectivity index (χ0n) is 27.9. The van der Waals surface area contributed by atoms with Crippen LogP contribution >= 0.6 is 0 Å². The maximum Gasteiger partial charge on any atom is 0.135 e. The predicted octanol–water partition coefficient (Wildman–Crippen LogP) is 13.5. The Kier molecular flexibility index (Phi) is 7.03. The van der Waals surface area contributed by atoms with E-state index in [4.69, 9.17) is 4.42 Å². The molecule has 0 radical (unpaired) electrons. The van der Waals surface area contributed by atoms with Gasteiger partial charge in [-0.05, 0) is 119 Å². The van der Waals surface area contributed by atoms with Gasteiger partial charge in [-0.15, -0.1) is 0 Å². The number of hydrogen-bond donors (Lipinski definition) is 0. The zero-order valence-corrected chi connectivity index (χ0v) is 27.9. The molecule has 0 spiro atoms. The van der Waals surface area contributed by atoms with Crippen molar-refractivity contribution in [2.24, 2.45) is 0 Å². The number of rotatable bonds is 5. The van der Waals surface area contributed by atoms with Crippen LogP contribution in [0.1, 0.15) is 112 Å². The highest BCUT2D eigenvalue weighted by Crippen LogP contribution is 2.54. The van der Waals surface area contributed by atoms with Crippen molar-refractivity contribution in [1.82, 2.24) is 0 Å². The molecule has 2 fully saturated rings. The molecule has 0 aliphatic heterocycles. The van der Waals surface area contributed by atoms with Gasteiger partial charge in [0.05, 0.1) is 0 Å². The van der Waals surface area contributed by atoms with Crippen molar-refractivity contribution in [3.8, 4) is 11.1 Å². The number of nitrogens with zero attached hydrogens (tertiary/aromatic N) is 1. The van der Waals surface area contributed by atoms with Gasteiger partial charge in [-0.1, -0.05) is 107 Å². The minimum Gasteiger partial charge on any atom is -0.456 e. The highest BCUT2D eigenvalue weighted by Gasteiger charge is 2.38. The predicted molar refractivity (Wildman–Crippen MR) is 198 cm³/mol. The number of fused-ring (bicyclic) bond motifs is 7. The second-order valence-corrected chi connectivity index (χ2v) is 15.0. The first-order valence-corrected chi connectivity index (χ1v) is 18.2. The van der Waals surface area contributed by atoms with Crippen LogP contribution in [0.3, 0.4) is 0 Å². The van der Waals surface area contributed by atoms with E-state index < -0.39 is 0 Å². The fourth-order valence-electron chi connectivity index (χ4n) is 9.36. The van der Waals surface area contributed by atoms with E-state index in [0.29, 0.717) is 11.8 Å². The van der Waals surface area contributed by atoms with E-state index in [-0.39, 0.29) is 5.41 Å². The molecule has 2 heteroatoms. The molecule has 236 valence electrons. The molecular formula is C45H45NO. The molecule has 1 aromatic heterocycles. The molecule has 0 N–H and O–H groups in total. The average molecular weight is 616 g/mol. The van der Waals surface area contributed by atoms with Crippen LogP contribution in [0.5, 0.6) is 0 Å². The molecule has 6 aromatic rings. The summed E-state index contributed by atoms with van der Waals surface area (Å²) in [4.78, 5) is 2.48.